The second-order valence-corrected chi connectivity index (χ2v) is 4.35. The Morgan fingerprint density at radius 2 is 2.54 bits per heavy atom. The van der Waals surface area contributed by atoms with E-state index in [2.05, 4.69) is 6.92 Å². The molecule has 2 nitrogen and oxygen atoms in total. The molecule has 1 aliphatic heterocycles. The number of hydrogen-bond acceptors (Lipinski definition) is 3. The van der Waals surface area contributed by atoms with E-state index in [1.165, 1.54) is 11.3 Å². The van der Waals surface area contributed by atoms with Crippen LogP contribution in [0.15, 0.2) is 17.5 Å². The number of thiophene rings is 1. The molecule has 1 saturated heterocycles. The molecule has 1 aliphatic rings. The van der Waals surface area contributed by atoms with Crippen molar-refractivity contribution in [1.82, 2.24) is 0 Å². The molecule has 1 aromatic heterocycles. The molecular weight excluding hydrogens is 184 g/mol. The van der Waals surface area contributed by atoms with Crippen molar-refractivity contribution in [1.29, 1.82) is 0 Å². The monoisotopic (exact) mass is 196 g/mol. The lowest BCUT2D eigenvalue weighted by Gasteiger charge is -2.11. The fourth-order valence-corrected chi connectivity index (χ4v) is 2.28. The van der Waals surface area contributed by atoms with Crippen molar-refractivity contribution in [3.8, 4) is 0 Å². The van der Waals surface area contributed by atoms with Gasteiger partial charge in [-0.05, 0) is 23.8 Å². The second kappa shape index (κ2) is 3.60. The molecule has 2 rings (SSSR count). The van der Waals surface area contributed by atoms with Gasteiger partial charge in [-0.15, -0.1) is 11.3 Å². The molecule has 0 amide bonds. The van der Waals surface area contributed by atoms with E-state index >= 15 is 0 Å². The first-order valence-electron chi connectivity index (χ1n) is 4.48. The first-order valence-corrected chi connectivity index (χ1v) is 5.36. The van der Waals surface area contributed by atoms with Gasteiger partial charge < -0.3 is 4.74 Å². The summed E-state index contributed by atoms with van der Waals surface area (Å²) in [5, 5.41) is 1.92. The molecule has 3 heteroatoms. The molecule has 2 heterocycles. The predicted octanol–water partition coefficient (Wildman–Crippen LogP) is 2.36. The van der Waals surface area contributed by atoms with Crippen LogP contribution in [-0.4, -0.2) is 18.5 Å². The highest BCUT2D eigenvalue weighted by molar-refractivity contribution is 7.12. The van der Waals surface area contributed by atoms with Crippen molar-refractivity contribution in [2.24, 2.45) is 5.92 Å². The molecule has 0 saturated carbocycles. The minimum absolute atomic E-state index is 0.153. The third-order valence-corrected chi connectivity index (χ3v) is 3.29. The highest BCUT2D eigenvalue weighted by Gasteiger charge is 2.31. The van der Waals surface area contributed by atoms with Gasteiger partial charge in [0.15, 0.2) is 0 Å². The standard InChI is InChI=1S/C10H12O2S/c1-7-4-5-12-10(7)9(11)8-3-2-6-13-8/h2-3,6-7,10H,4-5H2,1H3. The highest BCUT2D eigenvalue weighted by Crippen LogP contribution is 2.24. The molecule has 70 valence electrons. The Bertz CT molecular complexity index is 292. The van der Waals surface area contributed by atoms with E-state index in [9.17, 15) is 4.79 Å². The van der Waals surface area contributed by atoms with Crippen LogP contribution in [0, 0.1) is 5.92 Å². The molecule has 13 heavy (non-hydrogen) atoms. The van der Waals surface area contributed by atoms with Gasteiger partial charge in [0, 0.05) is 6.61 Å². The fourth-order valence-electron chi connectivity index (χ4n) is 1.59. The minimum Gasteiger partial charge on any atom is -0.370 e. The predicted molar refractivity (Wildman–Crippen MR) is 52.2 cm³/mol. The van der Waals surface area contributed by atoms with Crippen molar-refractivity contribution in [3.63, 3.8) is 0 Å². The Kier molecular flexibility index (Phi) is 2.47. The van der Waals surface area contributed by atoms with Crippen LogP contribution in [-0.2, 0) is 4.74 Å². The second-order valence-electron chi connectivity index (χ2n) is 3.40. The highest BCUT2D eigenvalue weighted by atomic mass is 32.1. The van der Waals surface area contributed by atoms with Crippen LogP contribution in [0.5, 0.6) is 0 Å². The van der Waals surface area contributed by atoms with Gasteiger partial charge in [-0.2, -0.15) is 0 Å². The number of rotatable bonds is 2. The van der Waals surface area contributed by atoms with Crippen molar-refractivity contribution in [3.05, 3.63) is 22.4 Å². The molecule has 0 aromatic carbocycles. The summed E-state index contributed by atoms with van der Waals surface area (Å²) in [6.45, 7) is 2.80. The van der Waals surface area contributed by atoms with E-state index in [0.717, 1.165) is 17.9 Å². The van der Waals surface area contributed by atoms with E-state index in [-0.39, 0.29) is 11.9 Å². The van der Waals surface area contributed by atoms with E-state index in [0.29, 0.717) is 5.92 Å². The van der Waals surface area contributed by atoms with Crippen molar-refractivity contribution < 1.29 is 9.53 Å². The van der Waals surface area contributed by atoms with E-state index < -0.39 is 0 Å². The molecule has 2 unspecified atom stereocenters. The van der Waals surface area contributed by atoms with Crippen LogP contribution in [0.1, 0.15) is 23.0 Å². The van der Waals surface area contributed by atoms with Gasteiger partial charge in [-0.25, -0.2) is 0 Å². The van der Waals surface area contributed by atoms with Crippen molar-refractivity contribution in [2.75, 3.05) is 6.61 Å². The van der Waals surface area contributed by atoms with Crippen LogP contribution >= 0.6 is 11.3 Å². The van der Waals surface area contributed by atoms with E-state index in [1.54, 1.807) is 0 Å². The quantitative estimate of drug-likeness (QED) is 0.679. The summed E-state index contributed by atoms with van der Waals surface area (Å²) in [6, 6.07) is 3.76. The Hall–Kier alpha value is -0.670. The lowest BCUT2D eigenvalue weighted by molar-refractivity contribution is 0.0583. The van der Waals surface area contributed by atoms with Gasteiger partial charge in [0.25, 0.3) is 0 Å². The van der Waals surface area contributed by atoms with Crippen LogP contribution in [0.25, 0.3) is 0 Å². The zero-order valence-electron chi connectivity index (χ0n) is 7.53. The van der Waals surface area contributed by atoms with Crippen LogP contribution in [0.3, 0.4) is 0 Å². The van der Waals surface area contributed by atoms with Gasteiger partial charge >= 0.3 is 0 Å². The number of ketones is 1. The molecule has 0 radical (unpaired) electrons. The molecule has 2 atom stereocenters. The zero-order valence-corrected chi connectivity index (χ0v) is 8.34. The lowest BCUT2D eigenvalue weighted by atomic mass is 10.00. The molecular formula is C10H12O2S. The Morgan fingerprint density at radius 3 is 3.08 bits per heavy atom. The average Bonchev–Trinajstić information content (AvgIpc) is 2.72. The maximum Gasteiger partial charge on any atom is 0.201 e. The minimum atomic E-state index is -0.196. The Morgan fingerprint density at radius 1 is 1.69 bits per heavy atom. The molecule has 0 bridgehead atoms. The van der Waals surface area contributed by atoms with Gasteiger partial charge in [0.05, 0.1) is 4.88 Å². The lowest BCUT2D eigenvalue weighted by Crippen LogP contribution is -2.24. The molecule has 0 spiro atoms. The average molecular weight is 196 g/mol. The maximum absolute atomic E-state index is 11.8. The summed E-state index contributed by atoms with van der Waals surface area (Å²) in [7, 11) is 0. The molecule has 0 aliphatic carbocycles. The summed E-state index contributed by atoms with van der Waals surface area (Å²) in [4.78, 5) is 12.6. The number of Topliss-reactive ketones (excluding diaryl/α,β-unsaturated/α-hetero) is 1. The van der Waals surface area contributed by atoms with Gasteiger partial charge in [0.2, 0.25) is 5.78 Å². The summed E-state index contributed by atoms with van der Waals surface area (Å²) in [5.41, 5.74) is 0. The number of carbonyl (C=O) groups excluding carboxylic acids is 1. The van der Waals surface area contributed by atoms with Gasteiger partial charge in [-0.3, -0.25) is 4.79 Å². The van der Waals surface area contributed by atoms with Gasteiger partial charge in [-0.1, -0.05) is 13.0 Å². The Labute approximate surface area is 81.5 Å². The van der Waals surface area contributed by atoms with E-state index in [1.807, 2.05) is 17.5 Å². The topological polar surface area (TPSA) is 26.3 Å². The number of hydrogen-bond donors (Lipinski definition) is 0. The normalized spacial score (nSPS) is 27.8. The van der Waals surface area contributed by atoms with Crippen LogP contribution in [0.4, 0.5) is 0 Å². The maximum atomic E-state index is 11.8. The largest absolute Gasteiger partial charge is 0.370 e. The summed E-state index contributed by atoms with van der Waals surface area (Å²) < 4.78 is 5.41. The SMILES string of the molecule is CC1CCOC1C(=O)c1cccs1. The third kappa shape index (κ3) is 1.67. The summed E-state index contributed by atoms with van der Waals surface area (Å²) >= 11 is 1.49. The number of ether oxygens (including phenoxy) is 1. The molecule has 1 fully saturated rings. The Balaban J connectivity index is 2.13. The fraction of sp³-hybridized carbons (Fsp3) is 0.500. The first-order chi connectivity index (χ1) is 6.29. The third-order valence-electron chi connectivity index (χ3n) is 2.41. The number of carbonyl (C=O) groups is 1. The summed E-state index contributed by atoms with van der Waals surface area (Å²) in [5.74, 6) is 0.523. The molecule has 1 aromatic rings. The summed E-state index contributed by atoms with van der Waals surface area (Å²) in [6.07, 6.45) is 0.806. The van der Waals surface area contributed by atoms with Crippen molar-refractivity contribution >= 4 is 17.1 Å². The van der Waals surface area contributed by atoms with Crippen LogP contribution in [0.2, 0.25) is 0 Å². The zero-order chi connectivity index (χ0) is 9.26. The van der Waals surface area contributed by atoms with Gasteiger partial charge in [0.1, 0.15) is 6.10 Å². The van der Waals surface area contributed by atoms with E-state index in [4.69, 9.17) is 4.74 Å². The van der Waals surface area contributed by atoms with Crippen LogP contribution < -0.4 is 0 Å². The molecule has 0 N–H and O–H groups in total. The van der Waals surface area contributed by atoms with Crippen molar-refractivity contribution in [2.45, 2.75) is 19.4 Å². The first kappa shape index (κ1) is 8.91. The smallest absolute Gasteiger partial charge is 0.201 e.